The Hall–Kier alpha value is -2.45. The number of nitrogens with one attached hydrogen (secondary N) is 2. The highest BCUT2D eigenvalue weighted by Crippen LogP contribution is 2.39. The number of para-hydroxylation sites is 1. The maximum absolute atomic E-state index is 13.7. The molecule has 2 aromatic rings. The lowest BCUT2D eigenvalue weighted by atomic mass is 9.95. The molecule has 1 unspecified atom stereocenters. The lowest BCUT2D eigenvalue weighted by Gasteiger charge is -2.29. The van der Waals surface area contributed by atoms with E-state index < -0.39 is 21.4 Å². The fourth-order valence-electron chi connectivity index (χ4n) is 2.90. The molecule has 144 valence electrons. The van der Waals surface area contributed by atoms with Crippen LogP contribution in [0.2, 0.25) is 0 Å². The summed E-state index contributed by atoms with van der Waals surface area (Å²) in [6.45, 7) is 2.25. The molecule has 0 radical (unpaired) electrons. The molecule has 0 heterocycles. The van der Waals surface area contributed by atoms with E-state index in [4.69, 9.17) is 5.73 Å². The van der Waals surface area contributed by atoms with Gasteiger partial charge >= 0.3 is 0 Å². The number of hydrogen-bond donors (Lipinski definition) is 3. The van der Waals surface area contributed by atoms with Gasteiger partial charge in [0.25, 0.3) is 15.9 Å². The summed E-state index contributed by atoms with van der Waals surface area (Å²) < 4.78 is 40.7. The maximum Gasteiger partial charge on any atom is 0.261 e. The number of anilines is 1. The van der Waals surface area contributed by atoms with Crippen LogP contribution in [-0.4, -0.2) is 26.4 Å². The SMILES string of the molecule is CC(CN)(NC(=O)c1ccc(S(=O)(=O)Nc2ccccc2F)cc1)C1CC1. The average Bonchev–Trinajstić information content (AvgIpc) is 3.49. The van der Waals surface area contributed by atoms with E-state index in [1.54, 1.807) is 0 Å². The number of nitrogens with two attached hydrogens (primary N) is 1. The van der Waals surface area contributed by atoms with Crippen LogP contribution in [0.15, 0.2) is 53.4 Å². The Labute approximate surface area is 158 Å². The molecule has 2 aromatic carbocycles. The number of halogens is 1. The van der Waals surface area contributed by atoms with Crippen molar-refractivity contribution in [2.75, 3.05) is 11.3 Å². The second-order valence-corrected chi connectivity index (χ2v) is 8.64. The molecular formula is C19H22FN3O3S. The van der Waals surface area contributed by atoms with Crippen LogP contribution in [0.25, 0.3) is 0 Å². The maximum atomic E-state index is 13.7. The minimum absolute atomic E-state index is 0.0638. The van der Waals surface area contributed by atoms with Crippen LogP contribution in [0.3, 0.4) is 0 Å². The topological polar surface area (TPSA) is 101 Å². The summed E-state index contributed by atoms with van der Waals surface area (Å²) >= 11 is 0. The van der Waals surface area contributed by atoms with Crippen molar-refractivity contribution >= 4 is 21.6 Å². The number of benzene rings is 2. The smallest absolute Gasteiger partial charge is 0.261 e. The number of rotatable bonds is 7. The summed E-state index contributed by atoms with van der Waals surface area (Å²) in [5.41, 5.74) is 5.54. The molecule has 4 N–H and O–H groups in total. The summed E-state index contributed by atoms with van der Waals surface area (Å²) in [7, 11) is -3.96. The zero-order valence-corrected chi connectivity index (χ0v) is 15.7. The first kappa shape index (κ1) is 19.3. The molecule has 8 heteroatoms. The number of carbonyl (C=O) groups is 1. The standard InChI is InChI=1S/C19H22FN3O3S/c1-19(12-21,14-8-9-14)22-18(24)13-6-10-15(11-7-13)27(25,26)23-17-5-3-2-4-16(17)20/h2-7,10-11,14,23H,8-9,12,21H2,1H3,(H,22,24). The molecule has 1 saturated carbocycles. The van der Waals surface area contributed by atoms with Crippen LogP contribution < -0.4 is 15.8 Å². The third-order valence-corrected chi connectivity index (χ3v) is 6.23. The van der Waals surface area contributed by atoms with E-state index in [0.717, 1.165) is 12.8 Å². The van der Waals surface area contributed by atoms with Crippen LogP contribution in [0.1, 0.15) is 30.1 Å². The second-order valence-electron chi connectivity index (χ2n) is 6.96. The lowest BCUT2D eigenvalue weighted by Crippen LogP contribution is -2.53. The van der Waals surface area contributed by atoms with Crippen LogP contribution in [-0.2, 0) is 10.0 Å². The normalized spacial score (nSPS) is 16.4. The Morgan fingerprint density at radius 1 is 1.19 bits per heavy atom. The van der Waals surface area contributed by atoms with Gasteiger partial charge in [-0.25, -0.2) is 12.8 Å². The van der Waals surface area contributed by atoms with Gasteiger partial charge in [0.15, 0.2) is 0 Å². The first-order valence-electron chi connectivity index (χ1n) is 8.65. The Morgan fingerprint density at radius 2 is 1.81 bits per heavy atom. The van der Waals surface area contributed by atoms with Crippen LogP contribution in [0, 0.1) is 11.7 Å². The Morgan fingerprint density at radius 3 is 2.37 bits per heavy atom. The van der Waals surface area contributed by atoms with Crippen molar-refractivity contribution < 1.29 is 17.6 Å². The number of sulfonamides is 1. The molecule has 1 amide bonds. The highest BCUT2D eigenvalue weighted by atomic mass is 32.2. The molecule has 1 aliphatic carbocycles. The van der Waals surface area contributed by atoms with Gasteiger partial charge in [-0.1, -0.05) is 12.1 Å². The van der Waals surface area contributed by atoms with E-state index in [9.17, 15) is 17.6 Å². The largest absolute Gasteiger partial charge is 0.345 e. The van der Waals surface area contributed by atoms with Crippen LogP contribution >= 0.6 is 0 Å². The van der Waals surface area contributed by atoms with Gasteiger partial charge < -0.3 is 11.1 Å². The molecule has 0 bridgehead atoms. The van der Waals surface area contributed by atoms with Crippen molar-refractivity contribution in [1.82, 2.24) is 5.32 Å². The molecule has 1 aliphatic rings. The number of carbonyl (C=O) groups excluding carboxylic acids is 1. The van der Waals surface area contributed by atoms with E-state index in [0.29, 0.717) is 18.0 Å². The summed E-state index contributed by atoms with van der Waals surface area (Å²) in [5, 5.41) is 2.95. The lowest BCUT2D eigenvalue weighted by molar-refractivity contribution is 0.0897. The Kier molecular flexibility index (Phi) is 5.21. The summed E-state index contributed by atoms with van der Waals surface area (Å²) in [6.07, 6.45) is 2.07. The highest BCUT2D eigenvalue weighted by molar-refractivity contribution is 7.92. The molecule has 6 nitrogen and oxygen atoms in total. The zero-order valence-electron chi connectivity index (χ0n) is 14.9. The van der Waals surface area contributed by atoms with Crippen molar-refractivity contribution in [3.05, 3.63) is 59.9 Å². The summed E-state index contributed by atoms with van der Waals surface area (Å²) in [5.74, 6) is -0.602. The van der Waals surface area contributed by atoms with Gasteiger partial charge in [0, 0.05) is 12.1 Å². The molecule has 0 spiro atoms. The van der Waals surface area contributed by atoms with Gasteiger partial charge in [-0.15, -0.1) is 0 Å². The monoisotopic (exact) mass is 391 g/mol. The van der Waals surface area contributed by atoms with Gasteiger partial charge in [0.2, 0.25) is 0 Å². The van der Waals surface area contributed by atoms with Gasteiger partial charge in [-0.05, 0) is 62.1 Å². The van der Waals surface area contributed by atoms with Crippen molar-refractivity contribution in [1.29, 1.82) is 0 Å². The third-order valence-electron chi connectivity index (χ3n) is 4.85. The van der Waals surface area contributed by atoms with Gasteiger partial charge in [0.1, 0.15) is 5.82 Å². The van der Waals surface area contributed by atoms with E-state index in [2.05, 4.69) is 10.0 Å². The molecule has 1 fully saturated rings. The molecule has 0 saturated heterocycles. The molecule has 0 aliphatic heterocycles. The molecular weight excluding hydrogens is 369 g/mol. The van der Waals surface area contributed by atoms with E-state index in [1.807, 2.05) is 6.92 Å². The highest BCUT2D eigenvalue weighted by Gasteiger charge is 2.41. The second kappa shape index (κ2) is 7.28. The summed E-state index contributed by atoms with van der Waals surface area (Å²) in [6, 6.07) is 11.0. The molecule has 27 heavy (non-hydrogen) atoms. The number of amides is 1. The van der Waals surface area contributed by atoms with Crippen LogP contribution in [0.4, 0.5) is 10.1 Å². The molecule has 0 aromatic heterocycles. The fraction of sp³-hybridized carbons (Fsp3) is 0.316. The third kappa shape index (κ3) is 4.28. The summed E-state index contributed by atoms with van der Waals surface area (Å²) in [4.78, 5) is 12.4. The Balaban J connectivity index is 1.74. The average molecular weight is 391 g/mol. The fourth-order valence-corrected chi connectivity index (χ4v) is 3.97. The van der Waals surface area contributed by atoms with Crippen molar-refractivity contribution in [3.8, 4) is 0 Å². The minimum Gasteiger partial charge on any atom is -0.345 e. The van der Waals surface area contributed by atoms with Crippen molar-refractivity contribution in [3.63, 3.8) is 0 Å². The van der Waals surface area contributed by atoms with Gasteiger partial charge in [-0.3, -0.25) is 9.52 Å². The quantitative estimate of drug-likeness (QED) is 0.675. The van der Waals surface area contributed by atoms with E-state index >= 15 is 0 Å². The molecule has 1 atom stereocenters. The number of hydrogen-bond acceptors (Lipinski definition) is 4. The zero-order chi connectivity index (χ0) is 19.7. The predicted molar refractivity (Wildman–Crippen MR) is 101 cm³/mol. The Bertz CT molecular complexity index is 943. The first-order chi connectivity index (χ1) is 12.7. The predicted octanol–water partition coefficient (Wildman–Crippen LogP) is 2.48. The first-order valence-corrected chi connectivity index (χ1v) is 10.1. The van der Waals surface area contributed by atoms with E-state index in [1.165, 1.54) is 48.5 Å². The molecule has 3 rings (SSSR count). The van der Waals surface area contributed by atoms with Gasteiger partial charge in [-0.2, -0.15) is 0 Å². The van der Waals surface area contributed by atoms with Crippen LogP contribution in [0.5, 0.6) is 0 Å². The van der Waals surface area contributed by atoms with Crippen molar-refractivity contribution in [2.24, 2.45) is 11.7 Å². The van der Waals surface area contributed by atoms with E-state index in [-0.39, 0.29) is 16.5 Å². The van der Waals surface area contributed by atoms with Gasteiger partial charge in [0.05, 0.1) is 16.1 Å². The minimum atomic E-state index is -3.96. The van der Waals surface area contributed by atoms with Crippen molar-refractivity contribution in [2.45, 2.75) is 30.2 Å².